The van der Waals surface area contributed by atoms with E-state index in [4.69, 9.17) is 10.5 Å². The average Bonchev–Trinajstić information content (AvgIpc) is 3.07. The van der Waals surface area contributed by atoms with Gasteiger partial charge in [-0.05, 0) is 30.3 Å². The zero-order valence-corrected chi connectivity index (χ0v) is 15.4. The Morgan fingerprint density at radius 3 is 2.65 bits per heavy atom. The number of anilines is 2. The molecule has 0 bridgehead atoms. The number of nitrogens with one attached hydrogen (secondary N) is 1. The normalized spacial score (nSPS) is 11.6. The molecule has 3 rings (SSSR count). The van der Waals surface area contributed by atoms with Gasteiger partial charge in [-0.1, -0.05) is 18.2 Å². The number of thiazole rings is 1. The van der Waals surface area contributed by atoms with Gasteiger partial charge in [0.25, 0.3) is 0 Å². The predicted octanol–water partition coefficient (Wildman–Crippen LogP) is 3.01. The predicted molar refractivity (Wildman–Crippen MR) is 103 cm³/mol. The Morgan fingerprint density at radius 2 is 2.00 bits per heavy atom. The van der Waals surface area contributed by atoms with Crippen molar-refractivity contribution in [1.82, 2.24) is 4.98 Å². The van der Waals surface area contributed by atoms with Crippen molar-refractivity contribution in [2.24, 2.45) is 5.10 Å². The molecule has 0 aliphatic heterocycles. The number of benzene rings is 2. The number of hydrogen-bond donors (Lipinski definition) is 2. The second-order valence-corrected chi connectivity index (χ2v) is 7.94. The maximum atomic E-state index is 13.0. The Labute approximate surface area is 155 Å². The summed E-state index contributed by atoms with van der Waals surface area (Å²) in [6.45, 7) is 0. The van der Waals surface area contributed by atoms with Crippen LogP contribution in [0.5, 0.6) is 5.75 Å². The minimum absolute atomic E-state index is 0.104. The minimum atomic E-state index is -3.73. The smallest absolute Gasteiger partial charge is 0.207 e. The van der Waals surface area contributed by atoms with Gasteiger partial charge in [-0.15, -0.1) is 11.3 Å². The summed E-state index contributed by atoms with van der Waals surface area (Å²) in [5.74, 6) is 0.835. The number of nitrogens with two attached hydrogens (primary N) is 1. The number of methoxy groups -OCH3 is 1. The van der Waals surface area contributed by atoms with E-state index in [2.05, 4.69) is 15.5 Å². The maximum Gasteiger partial charge on any atom is 0.207 e. The highest BCUT2D eigenvalue weighted by Crippen LogP contribution is 2.27. The summed E-state index contributed by atoms with van der Waals surface area (Å²) in [6, 6.07) is 13.0. The summed E-state index contributed by atoms with van der Waals surface area (Å²) in [6.07, 6.45) is 1.42. The molecule has 0 saturated carbocycles. The lowest BCUT2D eigenvalue weighted by molar-refractivity contribution is 0.413. The fourth-order valence-electron chi connectivity index (χ4n) is 2.20. The Hall–Kier alpha value is -2.91. The van der Waals surface area contributed by atoms with Gasteiger partial charge in [-0.3, -0.25) is 5.43 Å². The quantitative estimate of drug-likeness (QED) is 0.497. The molecule has 0 radical (unpaired) electrons. The number of rotatable bonds is 6. The molecule has 9 heteroatoms. The van der Waals surface area contributed by atoms with Gasteiger partial charge in [0.2, 0.25) is 15.0 Å². The van der Waals surface area contributed by atoms with E-state index >= 15 is 0 Å². The SMILES string of the molecule is COc1ccc(C=NNc2nc(N)cs2)c(S(=O)(=O)c2ccccc2)c1. The van der Waals surface area contributed by atoms with E-state index in [-0.39, 0.29) is 9.79 Å². The van der Waals surface area contributed by atoms with Crippen molar-refractivity contribution in [3.8, 4) is 5.75 Å². The first-order valence-corrected chi connectivity index (χ1v) is 9.85. The summed E-state index contributed by atoms with van der Waals surface area (Å²) in [4.78, 5) is 4.32. The van der Waals surface area contributed by atoms with Gasteiger partial charge in [0.15, 0.2) is 0 Å². The maximum absolute atomic E-state index is 13.0. The Balaban J connectivity index is 1.98. The first kappa shape index (κ1) is 17.9. The molecule has 0 unspecified atom stereocenters. The van der Waals surface area contributed by atoms with Crippen LogP contribution in [0.25, 0.3) is 0 Å². The zero-order chi connectivity index (χ0) is 18.6. The van der Waals surface area contributed by atoms with Crippen LogP contribution < -0.4 is 15.9 Å². The number of nitrogen functional groups attached to an aromatic ring is 1. The van der Waals surface area contributed by atoms with Crippen molar-refractivity contribution < 1.29 is 13.2 Å². The zero-order valence-electron chi connectivity index (χ0n) is 13.8. The highest BCUT2D eigenvalue weighted by Gasteiger charge is 2.21. The number of aromatic nitrogens is 1. The molecule has 3 N–H and O–H groups in total. The van der Waals surface area contributed by atoms with Gasteiger partial charge in [-0.25, -0.2) is 13.4 Å². The van der Waals surface area contributed by atoms with E-state index in [1.54, 1.807) is 47.8 Å². The van der Waals surface area contributed by atoms with E-state index < -0.39 is 9.84 Å². The summed E-state index contributed by atoms with van der Waals surface area (Å²) in [5, 5.41) is 6.25. The molecule has 0 saturated heterocycles. The molecule has 0 amide bonds. The van der Waals surface area contributed by atoms with E-state index in [0.717, 1.165) is 0 Å². The number of sulfone groups is 1. The summed E-state index contributed by atoms with van der Waals surface area (Å²) in [5.41, 5.74) is 8.71. The first-order valence-electron chi connectivity index (χ1n) is 7.49. The van der Waals surface area contributed by atoms with Crippen molar-refractivity contribution in [3.05, 3.63) is 59.5 Å². The van der Waals surface area contributed by atoms with Crippen molar-refractivity contribution in [3.63, 3.8) is 0 Å². The van der Waals surface area contributed by atoms with Gasteiger partial charge in [0, 0.05) is 10.9 Å². The largest absolute Gasteiger partial charge is 0.497 e. The van der Waals surface area contributed by atoms with Crippen LogP contribution in [0.2, 0.25) is 0 Å². The second-order valence-electron chi connectivity index (χ2n) is 5.17. The number of nitrogens with zero attached hydrogens (tertiary/aromatic N) is 2. The van der Waals surface area contributed by atoms with E-state index in [1.165, 1.54) is 30.7 Å². The number of hydrazone groups is 1. The molecule has 0 aliphatic rings. The molecule has 26 heavy (non-hydrogen) atoms. The molecule has 0 aliphatic carbocycles. The standard InChI is InChI=1S/C17H16N4O3S2/c1-24-13-8-7-12(10-19-21-17-20-16(18)11-25-17)15(9-13)26(22,23)14-5-3-2-4-6-14/h2-11H,18H2,1H3,(H,20,21). The molecular formula is C17H16N4O3S2. The molecule has 2 aromatic carbocycles. The van der Waals surface area contributed by atoms with Crippen molar-refractivity contribution >= 4 is 38.3 Å². The Morgan fingerprint density at radius 1 is 1.23 bits per heavy atom. The Bertz CT molecular complexity index is 1030. The fourth-order valence-corrected chi connectivity index (χ4v) is 4.22. The molecule has 134 valence electrons. The van der Waals surface area contributed by atoms with Crippen LogP contribution in [-0.4, -0.2) is 26.7 Å². The molecule has 1 heterocycles. The van der Waals surface area contributed by atoms with Crippen LogP contribution in [0.4, 0.5) is 10.9 Å². The number of hydrogen-bond acceptors (Lipinski definition) is 8. The van der Waals surface area contributed by atoms with E-state index in [0.29, 0.717) is 22.3 Å². The lowest BCUT2D eigenvalue weighted by Gasteiger charge is -2.10. The third-order valence-corrected chi connectivity index (χ3v) is 6.04. The summed E-state index contributed by atoms with van der Waals surface area (Å²) < 4.78 is 31.2. The number of ether oxygens (including phenoxy) is 1. The highest BCUT2D eigenvalue weighted by molar-refractivity contribution is 7.91. The van der Waals surface area contributed by atoms with Crippen molar-refractivity contribution in [2.45, 2.75) is 9.79 Å². The van der Waals surface area contributed by atoms with Crippen LogP contribution in [0.3, 0.4) is 0 Å². The van der Waals surface area contributed by atoms with Crippen LogP contribution in [0, 0.1) is 0 Å². The van der Waals surface area contributed by atoms with Crippen LogP contribution in [0.1, 0.15) is 5.56 Å². The van der Waals surface area contributed by atoms with Gasteiger partial charge >= 0.3 is 0 Å². The highest BCUT2D eigenvalue weighted by atomic mass is 32.2. The van der Waals surface area contributed by atoms with E-state index in [1.807, 2.05) is 0 Å². The second kappa shape index (κ2) is 7.54. The lowest BCUT2D eigenvalue weighted by Crippen LogP contribution is -2.06. The molecular weight excluding hydrogens is 372 g/mol. The molecule has 7 nitrogen and oxygen atoms in total. The van der Waals surface area contributed by atoms with Crippen LogP contribution >= 0.6 is 11.3 Å². The average molecular weight is 388 g/mol. The topological polar surface area (TPSA) is 107 Å². The van der Waals surface area contributed by atoms with E-state index in [9.17, 15) is 8.42 Å². The first-order chi connectivity index (χ1) is 12.5. The van der Waals surface area contributed by atoms with Gasteiger partial charge in [-0.2, -0.15) is 5.10 Å². The molecule has 0 fully saturated rings. The fraction of sp³-hybridized carbons (Fsp3) is 0.0588. The lowest BCUT2D eigenvalue weighted by atomic mass is 10.2. The Kier molecular flexibility index (Phi) is 5.19. The molecule has 0 atom stereocenters. The van der Waals surface area contributed by atoms with Gasteiger partial charge in [0.1, 0.15) is 11.6 Å². The minimum Gasteiger partial charge on any atom is -0.497 e. The van der Waals surface area contributed by atoms with Crippen LogP contribution in [-0.2, 0) is 9.84 Å². The van der Waals surface area contributed by atoms with Gasteiger partial charge in [0.05, 0.1) is 23.1 Å². The summed E-state index contributed by atoms with van der Waals surface area (Å²) >= 11 is 1.30. The van der Waals surface area contributed by atoms with Crippen molar-refractivity contribution in [1.29, 1.82) is 0 Å². The molecule has 1 aromatic heterocycles. The monoisotopic (exact) mass is 388 g/mol. The van der Waals surface area contributed by atoms with Crippen molar-refractivity contribution in [2.75, 3.05) is 18.3 Å². The molecule has 0 spiro atoms. The van der Waals surface area contributed by atoms with Gasteiger partial charge < -0.3 is 10.5 Å². The molecule has 3 aromatic rings. The third kappa shape index (κ3) is 3.84. The third-order valence-electron chi connectivity index (χ3n) is 3.45. The van der Waals surface area contributed by atoms with Crippen LogP contribution in [0.15, 0.2) is 68.8 Å². The summed E-state index contributed by atoms with van der Waals surface area (Å²) in [7, 11) is -2.24.